The molecule has 1 aliphatic heterocycles. The highest BCUT2D eigenvalue weighted by molar-refractivity contribution is 5.99. The van der Waals surface area contributed by atoms with E-state index in [9.17, 15) is 22.8 Å². The van der Waals surface area contributed by atoms with E-state index < -0.39 is 12.1 Å². The van der Waals surface area contributed by atoms with Gasteiger partial charge in [-0.2, -0.15) is 0 Å². The van der Waals surface area contributed by atoms with Crippen LogP contribution in [-0.2, 0) is 5.41 Å². The van der Waals surface area contributed by atoms with Crippen molar-refractivity contribution in [3.05, 3.63) is 52.1 Å². The van der Waals surface area contributed by atoms with Crippen LogP contribution in [0, 0.1) is 5.92 Å². The van der Waals surface area contributed by atoms with E-state index in [2.05, 4.69) is 20.8 Å². The topological polar surface area (TPSA) is 106 Å². The number of nitrogen functional groups attached to an aromatic ring is 1. The average molecular weight is 516 g/mol. The zero-order valence-electron chi connectivity index (χ0n) is 20.2. The number of nitrogens with one attached hydrogen (secondary N) is 1. The van der Waals surface area contributed by atoms with Crippen LogP contribution in [0.15, 0.2) is 35.3 Å². The number of pyridine rings is 1. The van der Waals surface area contributed by atoms with Crippen molar-refractivity contribution in [3.8, 4) is 5.75 Å². The van der Waals surface area contributed by atoms with Crippen LogP contribution in [0.5, 0.6) is 5.75 Å². The molecule has 37 heavy (non-hydrogen) atoms. The number of hydrogen-bond donors (Lipinski definition) is 2. The number of amides is 1. The largest absolute Gasteiger partial charge is 0.573 e. The quantitative estimate of drug-likeness (QED) is 0.497. The monoisotopic (exact) mass is 515 g/mol. The number of fused-ring (bicyclic) bond motifs is 2. The maximum absolute atomic E-state index is 13.0. The van der Waals surface area contributed by atoms with E-state index in [0.29, 0.717) is 31.6 Å². The number of hydrogen-bond acceptors (Lipinski definition) is 5. The predicted molar refractivity (Wildman–Crippen MR) is 130 cm³/mol. The molecule has 8 nitrogen and oxygen atoms in total. The van der Waals surface area contributed by atoms with Crippen LogP contribution in [0.1, 0.15) is 66.9 Å². The Bertz CT molecular complexity index is 1420. The zero-order chi connectivity index (χ0) is 25.9. The van der Waals surface area contributed by atoms with E-state index in [1.54, 1.807) is 9.47 Å². The molecule has 196 valence electrons. The third-order valence-electron chi connectivity index (χ3n) is 8.41. The first-order chi connectivity index (χ1) is 17.6. The third-order valence-corrected chi connectivity index (χ3v) is 8.41. The number of nitrogens with zero attached hydrogens (tertiary/aromatic N) is 3. The Morgan fingerprint density at radius 3 is 2.65 bits per heavy atom. The van der Waals surface area contributed by atoms with Crippen molar-refractivity contribution in [2.24, 2.45) is 5.92 Å². The second-order valence-electron chi connectivity index (χ2n) is 10.5. The van der Waals surface area contributed by atoms with E-state index >= 15 is 0 Å². The number of alkyl halides is 3. The summed E-state index contributed by atoms with van der Waals surface area (Å²) in [7, 11) is 0. The van der Waals surface area contributed by atoms with Crippen molar-refractivity contribution in [3.63, 3.8) is 0 Å². The summed E-state index contributed by atoms with van der Waals surface area (Å²) in [4.78, 5) is 35.0. The highest BCUT2D eigenvalue weighted by Crippen LogP contribution is 2.62. The van der Waals surface area contributed by atoms with Gasteiger partial charge in [-0.1, -0.05) is 12.8 Å². The SMILES string of the molecule is Nc1cc(OC(F)(F)F)ccc1C(=O)N1CCC(n2c(=O)[nH]c3ncc(C45CCCCC4C5)cc32)CC1. The van der Waals surface area contributed by atoms with E-state index in [4.69, 9.17) is 5.73 Å². The van der Waals surface area contributed by atoms with Gasteiger partial charge in [-0.3, -0.25) is 14.3 Å². The number of rotatable bonds is 4. The molecule has 3 heterocycles. The molecule has 3 aliphatic rings. The first-order valence-electron chi connectivity index (χ1n) is 12.7. The molecule has 1 aromatic carbocycles. The summed E-state index contributed by atoms with van der Waals surface area (Å²) < 4.78 is 43.1. The Kier molecular flexibility index (Phi) is 5.50. The summed E-state index contributed by atoms with van der Waals surface area (Å²) >= 11 is 0. The zero-order valence-corrected chi connectivity index (χ0v) is 20.2. The van der Waals surface area contributed by atoms with Gasteiger partial charge in [-0.25, -0.2) is 9.78 Å². The molecule has 1 saturated heterocycles. The Morgan fingerprint density at radius 1 is 1.16 bits per heavy atom. The molecule has 3 aromatic rings. The summed E-state index contributed by atoms with van der Waals surface area (Å²) in [6.45, 7) is 0.782. The number of H-pyrrole nitrogens is 1. The lowest BCUT2D eigenvalue weighted by Crippen LogP contribution is -2.40. The Hall–Kier alpha value is -3.50. The molecule has 3 fully saturated rings. The normalized spacial score (nSPS) is 24.2. The number of nitrogens with two attached hydrogens (primary N) is 1. The van der Waals surface area contributed by atoms with Gasteiger partial charge in [-0.15, -0.1) is 13.2 Å². The molecule has 0 bridgehead atoms. The van der Waals surface area contributed by atoms with Gasteiger partial charge in [0, 0.05) is 42.5 Å². The van der Waals surface area contributed by atoms with Gasteiger partial charge < -0.3 is 15.4 Å². The van der Waals surface area contributed by atoms with Gasteiger partial charge in [0.2, 0.25) is 0 Å². The van der Waals surface area contributed by atoms with Gasteiger partial charge in [-0.05, 0) is 61.8 Å². The maximum Gasteiger partial charge on any atom is 0.573 e. The summed E-state index contributed by atoms with van der Waals surface area (Å²) in [6, 6.07) is 5.36. The number of aromatic amines is 1. The summed E-state index contributed by atoms with van der Waals surface area (Å²) in [5, 5.41) is 0. The molecule has 6 rings (SSSR count). The highest BCUT2D eigenvalue weighted by atomic mass is 19.4. The number of piperidine rings is 1. The fourth-order valence-electron chi connectivity index (χ4n) is 6.46. The number of carbonyl (C=O) groups is 1. The Morgan fingerprint density at radius 2 is 1.95 bits per heavy atom. The number of aromatic nitrogens is 3. The van der Waals surface area contributed by atoms with E-state index in [1.165, 1.54) is 43.7 Å². The standard InChI is InChI=1S/C26H28F3N5O3/c27-26(28,29)37-18-4-5-19(20(30)12-18)23(35)33-9-6-17(7-10-33)34-21-11-16(14-31-22(21)32-24(34)36)25-8-2-1-3-15(25)13-25/h4-5,11-12,14-15,17H,1-3,6-10,13,30H2,(H,31,32,36). The fraction of sp³-hybridized carbons (Fsp3) is 0.500. The summed E-state index contributed by atoms with van der Waals surface area (Å²) in [5.74, 6) is -0.117. The van der Waals surface area contributed by atoms with Crippen molar-refractivity contribution in [1.29, 1.82) is 0 Å². The van der Waals surface area contributed by atoms with E-state index in [1.807, 2.05) is 6.20 Å². The Balaban J connectivity index is 1.18. The number of anilines is 1. The van der Waals surface area contributed by atoms with Crippen LogP contribution in [0.4, 0.5) is 18.9 Å². The van der Waals surface area contributed by atoms with Gasteiger partial charge >= 0.3 is 12.1 Å². The number of imidazole rings is 1. The van der Waals surface area contributed by atoms with Gasteiger partial charge in [0.25, 0.3) is 5.91 Å². The highest BCUT2D eigenvalue weighted by Gasteiger charge is 2.55. The minimum Gasteiger partial charge on any atom is -0.406 e. The molecular formula is C26H28F3N5O3. The van der Waals surface area contributed by atoms with Crippen molar-refractivity contribution < 1.29 is 22.7 Å². The van der Waals surface area contributed by atoms with Crippen LogP contribution in [0.2, 0.25) is 0 Å². The average Bonchev–Trinajstić information content (AvgIpc) is 3.52. The second-order valence-corrected chi connectivity index (χ2v) is 10.5. The van der Waals surface area contributed by atoms with E-state index in [-0.39, 0.29) is 34.3 Å². The third kappa shape index (κ3) is 4.23. The van der Waals surface area contributed by atoms with Crippen LogP contribution in [-0.4, -0.2) is 44.8 Å². The molecule has 0 spiro atoms. The van der Waals surface area contributed by atoms with Crippen LogP contribution in [0.25, 0.3) is 11.2 Å². The molecule has 1 amide bonds. The van der Waals surface area contributed by atoms with Crippen LogP contribution in [0.3, 0.4) is 0 Å². The minimum absolute atomic E-state index is 0.0826. The molecular weight excluding hydrogens is 487 g/mol. The second kappa shape index (κ2) is 8.53. The lowest BCUT2D eigenvalue weighted by Gasteiger charge is -2.33. The van der Waals surface area contributed by atoms with Crippen molar-refractivity contribution >= 4 is 22.8 Å². The molecule has 3 N–H and O–H groups in total. The summed E-state index contributed by atoms with van der Waals surface area (Å²) in [5.41, 5.74) is 8.53. The van der Waals surface area contributed by atoms with Gasteiger partial charge in [0.15, 0.2) is 5.65 Å². The number of likely N-dealkylation sites (tertiary alicyclic amines) is 1. The molecule has 2 aliphatic carbocycles. The van der Waals surface area contributed by atoms with E-state index in [0.717, 1.165) is 23.6 Å². The van der Waals surface area contributed by atoms with Crippen molar-refractivity contribution in [2.75, 3.05) is 18.8 Å². The lowest BCUT2D eigenvalue weighted by atomic mass is 9.83. The fourth-order valence-corrected chi connectivity index (χ4v) is 6.46. The number of halogens is 3. The number of benzene rings is 1. The molecule has 2 atom stereocenters. The first-order valence-corrected chi connectivity index (χ1v) is 12.7. The molecule has 0 radical (unpaired) electrons. The minimum atomic E-state index is -4.84. The molecule has 2 saturated carbocycles. The number of carbonyl (C=O) groups excluding carboxylic acids is 1. The molecule has 2 aromatic heterocycles. The van der Waals surface area contributed by atoms with Gasteiger partial charge in [0.05, 0.1) is 11.1 Å². The van der Waals surface area contributed by atoms with Gasteiger partial charge in [0.1, 0.15) is 5.75 Å². The Labute approximate surface area is 210 Å². The molecule has 2 unspecified atom stereocenters. The first kappa shape index (κ1) is 23.9. The lowest BCUT2D eigenvalue weighted by molar-refractivity contribution is -0.274. The van der Waals surface area contributed by atoms with Crippen LogP contribution < -0.4 is 16.2 Å². The van der Waals surface area contributed by atoms with Crippen molar-refractivity contribution in [1.82, 2.24) is 19.4 Å². The maximum atomic E-state index is 13.0. The molecule has 11 heteroatoms. The predicted octanol–water partition coefficient (Wildman–Crippen LogP) is 4.51. The smallest absolute Gasteiger partial charge is 0.406 e. The number of ether oxygens (including phenoxy) is 1. The van der Waals surface area contributed by atoms with Crippen molar-refractivity contribution in [2.45, 2.75) is 62.8 Å². The summed E-state index contributed by atoms with van der Waals surface area (Å²) in [6.07, 6.45) is 4.34. The van der Waals surface area contributed by atoms with Crippen LogP contribution >= 0.6 is 0 Å².